The molecule has 1 aromatic rings. The average Bonchev–Trinajstić information content (AvgIpc) is 2.62. The van der Waals surface area contributed by atoms with Crippen molar-refractivity contribution in [3.63, 3.8) is 0 Å². The van der Waals surface area contributed by atoms with Crippen LogP contribution in [-0.2, 0) is 20.7 Å². The van der Waals surface area contributed by atoms with Gasteiger partial charge in [-0.1, -0.05) is 6.07 Å². The Kier molecular flexibility index (Phi) is 6.93. The highest BCUT2D eigenvalue weighted by atomic mass is 16.6. The van der Waals surface area contributed by atoms with E-state index < -0.39 is 5.60 Å². The molecule has 7 heteroatoms. The van der Waals surface area contributed by atoms with Crippen molar-refractivity contribution in [2.45, 2.75) is 51.7 Å². The minimum Gasteiger partial charge on any atom is -0.496 e. The Morgan fingerprint density at radius 1 is 1.15 bits per heavy atom. The molecular weight excluding hydrogens is 350 g/mol. The summed E-state index contributed by atoms with van der Waals surface area (Å²) in [7, 11) is 2.91. The molecule has 0 spiro atoms. The first-order valence-corrected chi connectivity index (χ1v) is 9.10. The van der Waals surface area contributed by atoms with Crippen LogP contribution in [0.2, 0.25) is 0 Å². The summed E-state index contributed by atoms with van der Waals surface area (Å²) in [4.78, 5) is 25.3. The van der Waals surface area contributed by atoms with Crippen LogP contribution < -0.4 is 9.47 Å². The van der Waals surface area contributed by atoms with E-state index in [-0.39, 0.29) is 24.6 Å². The van der Waals surface area contributed by atoms with Crippen LogP contribution >= 0.6 is 0 Å². The molecule has 0 aliphatic carbocycles. The van der Waals surface area contributed by atoms with Crippen molar-refractivity contribution in [3.05, 3.63) is 23.8 Å². The molecule has 0 bridgehead atoms. The number of esters is 1. The molecule has 1 fully saturated rings. The monoisotopic (exact) mass is 379 g/mol. The van der Waals surface area contributed by atoms with Gasteiger partial charge in [0.25, 0.3) is 0 Å². The third-order valence-electron chi connectivity index (χ3n) is 4.22. The number of benzene rings is 1. The number of hydrogen-bond acceptors (Lipinski definition) is 6. The molecule has 150 valence electrons. The first-order valence-electron chi connectivity index (χ1n) is 9.10. The summed E-state index contributed by atoms with van der Waals surface area (Å²) in [5.74, 6) is 0.941. The van der Waals surface area contributed by atoms with Gasteiger partial charge in [0.05, 0.1) is 20.6 Å². The topological polar surface area (TPSA) is 74.3 Å². The lowest BCUT2D eigenvalue weighted by Crippen LogP contribution is -2.44. The van der Waals surface area contributed by atoms with E-state index >= 15 is 0 Å². The van der Waals surface area contributed by atoms with Crippen molar-refractivity contribution in [2.24, 2.45) is 0 Å². The molecule has 27 heavy (non-hydrogen) atoms. The smallest absolute Gasteiger partial charge is 0.410 e. The first-order chi connectivity index (χ1) is 12.7. The van der Waals surface area contributed by atoms with Gasteiger partial charge in [0.2, 0.25) is 0 Å². The van der Waals surface area contributed by atoms with Crippen LogP contribution in [0.3, 0.4) is 0 Å². The molecule has 1 aromatic carbocycles. The third-order valence-corrected chi connectivity index (χ3v) is 4.22. The maximum absolute atomic E-state index is 12.1. The summed E-state index contributed by atoms with van der Waals surface area (Å²) in [5, 5.41) is 0. The number of ether oxygens (including phenoxy) is 4. The Bertz CT molecular complexity index is 659. The molecule has 0 unspecified atom stereocenters. The zero-order valence-electron chi connectivity index (χ0n) is 16.7. The van der Waals surface area contributed by atoms with Crippen LogP contribution in [0.25, 0.3) is 0 Å². The van der Waals surface area contributed by atoms with Crippen molar-refractivity contribution in [1.29, 1.82) is 0 Å². The fraction of sp³-hybridized carbons (Fsp3) is 0.600. The van der Waals surface area contributed by atoms with Crippen LogP contribution in [0.1, 0.15) is 39.2 Å². The number of carbonyl (C=O) groups excluding carboxylic acids is 2. The second-order valence-corrected chi connectivity index (χ2v) is 7.51. The number of amides is 1. The molecule has 1 aliphatic rings. The molecule has 1 heterocycles. The van der Waals surface area contributed by atoms with Crippen LogP contribution in [-0.4, -0.2) is 56.0 Å². The van der Waals surface area contributed by atoms with E-state index in [1.54, 1.807) is 24.1 Å². The number of piperidine rings is 1. The molecule has 2 rings (SSSR count). The lowest BCUT2D eigenvalue weighted by atomic mass is 10.1. The minimum absolute atomic E-state index is 0.0137. The van der Waals surface area contributed by atoms with E-state index in [0.717, 1.165) is 18.4 Å². The van der Waals surface area contributed by atoms with E-state index in [1.165, 1.54) is 7.11 Å². The summed E-state index contributed by atoms with van der Waals surface area (Å²) < 4.78 is 21.5. The van der Waals surface area contributed by atoms with Crippen LogP contribution in [0.4, 0.5) is 4.79 Å². The maximum Gasteiger partial charge on any atom is 0.410 e. The van der Waals surface area contributed by atoms with Gasteiger partial charge in [-0.3, -0.25) is 4.79 Å². The number of methoxy groups -OCH3 is 2. The molecule has 0 radical (unpaired) electrons. The van der Waals surface area contributed by atoms with Gasteiger partial charge in [-0.2, -0.15) is 0 Å². The Hall–Kier alpha value is -2.44. The van der Waals surface area contributed by atoms with Crippen molar-refractivity contribution in [2.75, 3.05) is 27.3 Å². The van der Waals surface area contributed by atoms with Crippen molar-refractivity contribution in [1.82, 2.24) is 4.90 Å². The highest BCUT2D eigenvalue weighted by Crippen LogP contribution is 2.28. The molecule has 0 aromatic heterocycles. The average molecular weight is 379 g/mol. The summed E-state index contributed by atoms with van der Waals surface area (Å²) >= 11 is 0. The zero-order valence-corrected chi connectivity index (χ0v) is 16.7. The molecule has 1 amide bonds. The van der Waals surface area contributed by atoms with Gasteiger partial charge in [-0.05, 0) is 26.8 Å². The van der Waals surface area contributed by atoms with Crippen molar-refractivity contribution < 1.29 is 28.5 Å². The van der Waals surface area contributed by atoms with Gasteiger partial charge >= 0.3 is 12.1 Å². The predicted octanol–water partition coefficient (Wildman–Crippen LogP) is 3.19. The van der Waals surface area contributed by atoms with E-state index in [9.17, 15) is 9.59 Å². The Morgan fingerprint density at radius 3 is 2.37 bits per heavy atom. The van der Waals surface area contributed by atoms with Gasteiger partial charge in [-0.25, -0.2) is 4.79 Å². The number of hydrogen-bond donors (Lipinski definition) is 0. The number of carbonyl (C=O) groups is 2. The standard InChI is InChI=1S/C20H29NO6/c1-20(2,3)27-19(23)21-10-8-15(9-11-21)26-16-7-6-14(12-18(22)25-5)17(13-16)24-4/h6-7,13,15H,8-12H2,1-5H3. The van der Waals surface area contributed by atoms with E-state index in [1.807, 2.05) is 26.8 Å². The number of rotatable bonds is 5. The zero-order chi connectivity index (χ0) is 20.0. The Labute approximate surface area is 160 Å². The summed E-state index contributed by atoms with van der Waals surface area (Å²) in [6.45, 7) is 6.77. The molecule has 1 saturated heterocycles. The van der Waals surface area contributed by atoms with Gasteiger partial charge in [0.15, 0.2) is 0 Å². The molecule has 7 nitrogen and oxygen atoms in total. The first kappa shape index (κ1) is 20.9. The SMILES string of the molecule is COC(=O)Cc1ccc(OC2CCN(C(=O)OC(C)(C)C)CC2)cc1OC. The normalized spacial score (nSPS) is 15.2. The number of nitrogens with zero attached hydrogens (tertiary/aromatic N) is 1. The third kappa shape index (κ3) is 6.34. The predicted molar refractivity (Wildman–Crippen MR) is 100 cm³/mol. The van der Waals surface area contributed by atoms with E-state index in [2.05, 4.69) is 0 Å². The minimum atomic E-state index is -0.493. The quantitative estimate of drug-likeness (QED) is 0.732. The van der Waals surface area contributed by atoms with E-state index in [0.29, 0.717) is 24.6 Å². The van der Waals surface area contributed by atoms with Crippen molar-refractivity contribution in [3.8, 4) is 11.5 Å². The number of likely N-dealkylation sites (tertiary alicyclic amines) is 1. The van der Waals surface area contributed by atoms with Crippen LogP contribution in [0, 0.1) is 0 Å². The van der Waals surface area contributed by atoms with Gasteiger partial charge in [0, 0.05) is 37.6 Å². The second kappa shape index (κ2) is 8.97. The molecular formula is C20H29NO6. The summed E-state index contributed by atoms with van der Waals surface area (Å²) in [6, 6.07) is 5.40. The van der Waals surface area contributed by atoms with Crippen molar-refractivity contribution >= 4 is 12.1 Å². The lowest BCUT2D eigenvalue weighted by molar-refractivity contribution is -0.139. The molecule has 0 saturated carbocycles. The largest absolute Gasteiger partial charge is 0.496 e. The van der Waals surface area contributed by atoms with Crippen LogP contribution in [0.15, 0.2) is 18.2 Å². The summed E-state index contributed by atoms with van der Waals surface area (Å²) in [5.41, 5.74) is 0.254. The lowest BCUT2D eigenvalue weighted by Gasteiger charge is -2.33. The molecule has 1 aliphatic heterocycles. The highest BCUT2D eigenvalue weighted by molar-refractivity contribution is 5.73. The Balaban J connectivity index is 1.91. The second-order valence-electron chi connectivity index (χ2n) is 7.51. The molecule has 0 atom stereocenters. The van der Waals surface area contributed by atoms with Gasteiger partial charge < -0.3 is 23.8 Å². The summed E-state index contributed by atoms with van der Waals surface area (Å²) in [6.07, 6.45) is 1.33. The fourth-order valence-electron chi connectivity index (χ4n) is 2.85. The van der Waals surface area contributed by atoms with E-state index in [4.69, 9.17) is 18.9 Å². The van der Waals surface area contributed by atoms with Gasteiger partial charge in [0.1, 0.15) is 23.2 Å². The highest BCUT2D eigenvalue weighted by Gasteiger charge is 2.27. The Morgan fingerprint density at radius 2 is 1.81 bits per heavy atom. The maximum atomic E-state index is 12.1. The fourth-order valence-corrected chi connectivity index (χ4v) is 2.85. The van der Waals surface area contributed by atoms with Gasteiger partial charge in [-0.15, -0.1) is 0 Å². The molecule has 0 N–H and O–H groups in total. The van der Waals surface area contributed by atoms with Crippen LogP contribution in [0.5, 0.6) is 11.5 Å².